The Hall–Kier alpha value is -0.680. The van der Waals surface area contributed by atoms with E-state index in [2.05, 4.69) is 25.9 Å². The molecule has 0 unspecified atom stereocenters. The standard InChI is InChI=1S/C10H15BrN2O2/c1-10(2,14-3)4-5-15-9-12-6-8(11)7-13-9/h6-7H,4-5H2,1-3H3. The quantitative estimate of drug-likeness (QED) is 0.827. The third kappa shape index (κ3) is 4.57. The Balaban J connectivity index is 2.35. The third-order valence-corrected chi connectivity index (χ3v) is 2.49. The molecular formula is C10H15BrN2O2. The van der Waals surface area contributed by atoms with Crippen molar-refractivity contribution in [3.05, 3.63) is 16.9 Å². The molecule has 0 aliphatic rings. The van der Waals surface area contributed by atoms with Crippen LogP contribution in [0.3, 0.4) is 0 Å². The summed E-state index contributed by atoms with van der Waals surface area (Å²) in [6.07, 6.45) is 4.11. The molecule has 0 atom stereocenters. The van der Waals surface area contributed by atoms with Gasteiger partial charge in [-0.3, -0.25) is 0 Å². The van der Waals surface area contributed by atoms with Crippen molar-refractivity contribution in [2.45, 2.75) is 25.9 Å². The van der Waals surface area contributed by atoms with Gasteiger partial charge in [0.2, 0.25) is 0 Å². The molecule has 1 rings (SSSR count). The Morgan fingerprint density at radius 3 is 2.47 bits per heavy atom. The number of rotatable bonds is 5. The van der Waals surface area contributed by atoms with Gasteiger partial charge in [-0.25, -0.2) is 9.97 Å². The SMILES string of the molecule is COC(C)(C)CCOc1ncc(Br)cn1. The molecule has 0 aromatic carbocycles. The molecule has 1 aromatic heterocycles. The van der Waals surface area contributed by atoms with Gasteiger partial charge in [0.1, 0.15) is 0 Å². The highest BCUT2D eigenvalue weighted by Crippen LogP contribution is 2.14. The van der Waals surface area contributed by atoms with Crippen molar-refractivity contribution in [1.29, 1.82) is 0 Å². The number of nitrogens with zero attached hydrogens (tertiary/aromatic N) is 2. The zero-order valence-corrected chi connectivity index (χ0v) is 10.7. The van der Waals surface area contributed by atoms with Gasteiger partial charge in [-0.05, 0) is 29.8 Å². The first-order valence-electron chi connectivity index (χ1n) is 4.69. The maximum atomic E-state index is 5.38. The lowest BCUT2D eigenvalue weighted by molar-refractivity contribution is 0.00466. The summed E-state index contributed by atoms with van der Waals surface area (Å²) < 4.78 is 11.5. The van der Waals surface area contributed by atoms with Gasteiger partial charge in [-0.1, -0.05) is 0 Å². The van der Waals surface area contributed by atoms with Crippen molar-refractivity contribution in [2.75, 3.05) is 13.7 Å². The molecule has 15 heavy (non-hydrogen) atoms. The number of ether oxygens (including phenoxy) is 2. The largest absolute Gasteiger partial charge is 0.463 e. The van der Waals surface area contributed by atoms with Crippen molar-refractivity contribution < 1.29 is 9.47 Å². The van der Waals surface area contributed by atoms with Crippen LogP contribution in [-0.4, -0.2) is 29.3 Å². The Morgan fingerprint density at radius 1 is 1.33 bits per heavy atom. The fourth-order valence-electron chi connectivity index (χ4n) is 0.865. The molecule has 1 heterocycles. The van der Waals surface area contributed by atoms with Crippen LogP contribution >= 0.6 is 15.9 Å². The van der Waals surface area contributed by atoms with Crippen LogP contribution in [0.4, 0.5) is 0 Å². The van der Waals surface area contributed by atoms with Crippen molar-refractivity contribution >= 4 is 15.9 Å². The van der Waals surface area contributed by atoms with Crippen LogP contribution in [0.1, 0.15) is 20.3 Å². The van der Waals surface area contributed by atoms with Gasteiger partial charge < -0.3 is 9.47 Å². The van der Waals surface area contributed by atoms with Crippen LogP contribution in [0.25, 0.3) is 0 Å². The number of methoxy groups -OCH3 is 1. The first kappa shape index (κ1) is 12.4. The summed E-state index contributed by atoms with van der Waals surface area (Å²) in [6.45, 7) is 4.57. The van der Waals surface area contributed by atoms with Crippen LogP contribution < -0.4 is 4.74 Å². The zero-order valence-electron chi connectivity index (χ0n) is 9.16. The van der Waals surface area contributed by atoms with E-state index >= 15 is 0 Å². The van der Waals surface area contributed by atoms with Gasteiger partial charge in [0.15, 0.2) is 0 Å². The molecule has 0 bridgehead atoms. The molecule has 0 saturated carbocycles. The minimum absolute atomic E-state index is 0.171. The fraction of sp³-hybridized carbons (Fsp3) is 0.600. The van der Waals surface area contributed by atoms with Crippen molar-refractivity contribution in [3.63, 3.8) is 0 Å². The Morgan fingerprint density at radius 2 is 1.93 bits per heavy atom. The van der Waals surface area contributed by atoms with E-state index in [4.69, 9.17) is 9.47 Å². The number of halogens is 1. The first-order chi connectivity index (χ1) is 7.03. The van der Waals surface area contributed by atoms with Crippen molar-refractivity contribution in [3.8, 4) is 6.01 Å². The summed E-state index contributed by atoms with van der Waals surface area (Å²) in [5, 5.41) is 0. The maximum Gasteiger partial charge on any atom is 0.316 e. The predicted molar refractivity (Wildman–Crippen MR) is 60.9 cm³/mol. The lowest BCUT2D eigenvalue weighted by atomic mass is 10.1. The second-order valence-corrected chi connectivity index (χ2v) is 4.66. The Kier molecular flexibility index (Phi) is 4.47. The molecule has 0 saturated heterocycles. The minimum atomic E-state index is -0.171. The fourth-order valence-corrected chi connectivity index (χ4v) is 1.07. The van der Waals surface area contributed by atoms with Gasteiger partial charge in [0.05, 0.1) is 16.7 Å². The van der Waals surface area contributed by atoms with Crippen LogP contribution in [-0.2, 0) is 4.74 Å². The summed E-state index contributed by atoms with van der Waals surface area (Å²) in [4.78, 5) is 8.01. The molecule has 4 nitrogen and oxygen atoms in total. The Labute approximate surface area is 98.2 Å². The highest BCUT2D eigenvalue weighted by molar-refractivity contribution is 9.10. The summed E-state index contributed by atoms with van der Waals surface area (Å²) >= 11 is 3.26. The molecule has 0 N–H and O–H groups in total. The lowest BCUT2D eigenvalue weighted by Crippen LogP contribution is -2.25. The molecule has 0 radical (unpaired) electrons. The molecule has 0 amide bonds. The van der Waals surface area contributed by atoms with E-state index in [1.54, 1.807) is 19.5 Å². The summed E-state index contributed by atoms with van der Waals surface area (Å²) in [5.41, 5.74) is -0.171. The van der Waals surface area contributed by atoms with Crippen LogP contribution in [0.15, 0.2) is 16.9 Å². The topological polar surface area (TPSA) is 44.2 Å². The predicted octanol–water partition coefficient (Wildman–Crippen LogP) is 2.43. The van der Waals surface area contributed by atoms with E-state index in [0.717, 1.165) is 10.9 Å². The highest BCUT2D eigenvalue weighted by Gasteiger charge is 2.16. The first-order valence-corrected chi connectivity index (χ1v) is 5.48. The monoisotopic (exact) mass is 274 g/mol. The minimum Gasteiger partial charge on any atom is -0.463 e. The van der Waals surface area contributed by atoms with Gasteiger partial charge in [-0.2, -0.15) is 0 Å². The van der Waals surface area contributed by atoms with Gasteiger partial charge in [0.25, 0.3) is 0 Å². The molecule has 0 aliphatic heterocycles. The Bertz CT molecular complexity index is 301. The smallest absolute Gasteiger partial charge is 0.316 e. The molecule has 0 fully saturated rings. The molecule has 5 heteroatoms. The van der Waals surface area contributed by atoms with Gasteiger partial charge in [-0.15, -0.1) is 0 Å². The van der Waals surface area contributed by atoms with Gasteiger partial charge in [0, 0.05) is 25.9 Å². The number of aromatic nitrogens is 2. The van der Waals surface area contributed by atoms with Gasteiger partial charge >= 0.3 is 6.01 Å². The van der Waals surface area contributed by atoms with E-state index < -0.39 is 0 Å². The zero-order chi connectivity index (χ0) is 11.3. The second-order valence-electron chi connectivity index (χ2n) is 3.75. The number of hydrogen-bond donors (Lipinski definition) is 0. The average molecular weight is 275 g/mol. The van der Waals surface area contributed by atoms with Crippen LogP contribution in [0.2, 0.25) is 0 Å². The van der Waals surface area contributed by atoms with E-state index in [9.17, 15) is 0 Å². The van der Waals surface area contributed by atoms with E-state index in [0.29, 0.717) is 12.6 Å². The summed E-state index contributed by atoms with van der Waals surface area (Å²) in [5.74, 6) is 0. The molecule has 0 spiro atoms. The van der Waals surface area contributed by atoms with Crippen LogP contribution in [0.5, 0.6) is 6.01 Å². The van der Waals surface area contributed by atoms with Crippen molar-refractivity contribution in [2.24, 2.45) is 0 Å². The summed E-state index contributed by atoms with van der Waals surface area (Å²) in [6, 6.07) is 0.394. The molecule has 1 aromatic rings. The average Bonchev–Trinajstić information content (AvgIpc) is 2.21. The van der Waals surface area contributed by atoms with E-state index in [1.807, 2.05) is 13.8 Å². The normalized spacial score (nSPS) is 11.5. The van der Waals surface area contributed by atoms with Crippen molar-refractivity contribution in [1.82, 2.24) is 9.97 Å². The third-order valence-electron chi connectivity index (χ3n) is 2.08. The molecular weight excluding hydrogens is 260 g/mol. The van der Waals surface area contributed by atoms with Crippen LogP contribution in [0, 0.1) is 0 Å². The number of hydrogen-bond acceptors (Lipinski definition) is 4. The maximum absolute atomic E-state index is 5.38. The second kappa shape index (κ2) is 5.42. The highest BCUT2D eigenvalue weighted by atomic mass is 79.9. The summed E-state index contributed by atoms with van der Waals surface area (Å²) in [7, 11) is 1.69. The van der Waals surface area contributed by atoms with E-state index in [-0.39, 0.29) is 5.60 Å². The van der Waals surface area contributed by atoms with E-state index in [1.165, 1.54) is 0 Å². The molecule has 0 aliphatic carbocycles. The molecule has 84 valence electrons. The lowest BCUT2D eigenvalue weighted by Gasteiger charge is -2.22.